The van der Waals surface area contributed by atoms with Crippen LogP contribution in [-0.2, 0) is 0 Å². The largest absolute Gasteiger partial charge is 0.255 e. The molecule has 0 atom stereocenters. The Morgan fingerprint density at radius 3 is 2.48 bits per heavy atom. The number of hydrogen-bond donors (Lipinski definition) is 0. The standard InChI is InChI=1S/C23H24ClN/c1-2-3-4-18-5-7-19(8-6-18)9-10-20-11-16-23(25-17-20)21-12-14-22(24)15-13-21/h2-3,11-19H,4-8H2,1H3/b3-2+. The summed E-state index contributed by atoms with van der Waals surface area (Å²) >= 11 is 5.93. The number of aromatic nitrogens is 1. The fraction of sp³-hybridized carbons (Fsp3) is 0.348. The highest BCUT2D eigenvalue weighted by atomic mass is 35.5. The second-order valence-corrected chi connectivity index (χ2v) is 7.17. The molecule has 1 aliphatic carbocycles. The second kappa shape index (κ2) is 8.88. The van der Waals surface area contributed by atoms with Crippen LogP contribution in [-0.4, -0.2) is 4.98 Å². The van der Waals surface area contributed by atoms with Gasteiger partial charge in [-0.2, -0.15) is 0 Å². The summed E-state index contributed by atoms with van der Waals surface area (Å²) in [7, 11) is 0. The molecule has 1 aliphatic rings. The van der Waals surface area contributed by atoms with Gasteiger partial charge in [-0.1, -0.05) is 47.7 Å². The molecular weight excluding hydrogens is 326 g/mol. The zero-order valence-electron chi connectivity index (χ0n) is 14.7. The van der Waals surface area contributed by atoms with Crippen LogP contribution in [0.25, 0.3) is 11.3 Å². The van der Waals surface area contributed by atoms with Gasteiger partial charge in [0.1, 0.15) is 0 Å². The highest BCUT2D eigenvalue weighted by Gasteiger charge is 2.18. The third-order valence-electron chi connectivity index (χ3n) is 4.88. The first-order valence-electron chi connectivity index (χ1n) is 9.09. The first-order valence-corrected chi connectivity index (χ1v) is 9.47. The number of benzene rings is 1. The lowest BCUT2D eigenvalue weighted by atomic mass is 9.81. The third-order valence-corrected chi connectivity index (χ3v) is 5.13. The van der Waals surface area contributed by atoms with Crippen molar-refractivity contribution in [3.05, 3.63) is 65.3 Å². The maximum Gasteiger partial charge on any atom is 0.0702 e. The van der Waals surface area contributed by atoms with Gasteiger partial charge in [-0.05, 0) is 69.2 Å². The van der Waals surface area contributed by atoms with Crippen molar-refractivity contribution in [2.75, 3.05) is 0 Å². The number of hydrogen-bond acceptors (Lipinski definition) is 1. The summed E-state index contributed by atoms with van der Waals surface area (Å²) in [4.78, 5) is 4.53. The lowest BCUT2D eigenvalue weighted by molar-refractivity contribution is 0.319. The predicted molar refractivity (Wildman–Crippen MR) is 106 cm³/mol. The topological polar surface area (TPSA) is 12.9 Å². The Kier molecular flexibility index (Phi) is 6.31. The average Bonchev–Trinajstić information content (AvgIpc) is 2.67. The average molecular weight is 350 g/mol. The van der Waals surface area contributed by atoms with Crippen LogP contribution >= 0.6 is 11.6 Å². The van der Waals surface area contributed by atoms with Gasteiger partial charge in [0.05, 0.1) is 5.69 Å². The third kappa shape index (κ3) is 5.21. The summed E-state index contributed by atoms with van der Waals surface area (Å²) in [5, 5.41) is 0.742. The van der Waals surface area contributed by atoms with Crippen molar-refractivity contribution in [3.63, 3.8) is 0 Å². The summed E-state index contributed by atoms with van der Waals surface area (Å²) in [5.74, 6) is 8.16. The Balaban J connectivity index is 1.58. The van der Waals surface area contributed by atoms with E-state index in [4.69, 9.17) is 11.6 Å². The molecule has 2 aromatic rings. The van der Waals surface area contributed by atoms with E-state index in [0.29, 0.717) is 5.92 Å². The normalized spacial score (nSPS) is 20.2. The smallest absolute Gasteiger partial charge is 0.0702 e. The van der Waals surface area contributed by atoms with Crippen LogP contribution in [0.3, 0.4) is 0 Å². The number of halogens is 1. The lowest BCUT2D eigenvalue weighted by Gasteiger charge is -2.24. The van der Waals surface area contributed by atoms with Crippen LogP contribution in [0, 0.1) is 23.7 Å². The van der Waals surface area contributed by atoms with Crippen molar-refractivity contribution in [1.29, 1.82) is 0 Å². The molecule has 3 rings (SSSR count). The first-order chi connectivity index (χ1) is 12.2. The molecule has 0 bridgehead atoms. The fourth-order valence-electron chi connectivity index (χ4n) is 3.32. The molecule has 1 fully saturated rings. The van der Waals surface area contributed by atoms with Gasteiger partial charge in [0.25, 0.3) is 0 Å². The molecule has 2 heteroatoms. The van der Waals surface area contributed by atoms with E-state index in [2.05, 4.69) is 42.0 Å². The molecule has 1 aromatic heterocycles. The first kappa shape index (κ1) is 17.8. The van der Waals surface area contributed by atoms with Gasteiger partial charge < -0.3 is 0 Å². The van der Waals surface area contributed by atoms with Gasteiger partial charge in [0, 0.05) is 28.3 Å². The zero-order valence-corrected chi connectivity index (χ0v) is 15.5. The van der Waals surface area contributed by atoms with E-state index in [1.807, 2.05) is 36.5 Å². The Morgan fingerprint density at radius 2 is 1.84 bits per heavy atom. The number of allylic oxidation sites excluding steroid dienone is 2. The molecule has 25 heavy (non-hydrogen) atoms. The molecule has 128 valence electrons. The van der Waals surface area contributed by atoms with E-state index in [-0.39, 0.29) is 0 Å². The molecule has 0 amide bonds. The highest BCUT2D eigenvalue weighted by Crippen LogP contribution is 2.30. The summed E-state index contributed by atoms with van der Waals surface area (Å²) < 4.78 is 0. The molecule has 0 spiro atoms. The van der Waals surface area contributed by atoms with Crippen molar-refractivity contribution >= 4 is 11.6 Å². The summed E-state index contributed by atoms with van der Waals surface area (Å²) in [6.45, 7) is 2.10. The van der Waals surface area contributed by atoms with Crippen LogP contribution < -0.4 is 0 Å². The Hall–Kier alpha value is -2.04. The van der Waals surface area contributed by atoms with Crippen LogP contribution in [0.2, 0.25) is 5.02 Å². The summed E-state index contributed by atoms with van der Waals surface area (Å²) in [6, 6.07) is 11.8. The molecule has 0 radical (unpaired) electrons. The van der Waals surface area contributed by atoms with Crippen molar-refractivity contribution < 1.29 is 0 Å². The minimum atomic E-state index is 0.540. The van der Waals surface area contributed by atoms with E-state index < -0.39 is 0 Å². The highest BCUT2D eigenvalue weighted by molar-refractivity contribution is 6.30. The minimum Gasteiger partial charge on any atom is -0.255 e. The van der Waals surface area contributed by atoms with E-state index in [0.717, 1.165) is 27.8 Å². The van der Waals surface area contributed by atoms with E-state index in [9.17, 15) is 0 Å². The van der Waals surface area contributed by atoms with Gasteiger partial charge in [0.2, 0.25) is 0 Å². The number of pyridine rings is 1. The second-order valence-electron chi connectivity index (χ2n) is 6.73. The van der Waals surface area contributed by atoms with Gasteiger partial charge in [0.15, 0.2) is 0 Å². The molecule has 1 heterocycles. The van der Waals surface area contributed by atoms with Crippen LogP contribution in [0.5, 0.6) is 0 Å². The monoisotopic (exact) mass is 349 g/mol. The quantitative estimate of drug-likeness (QED) is 0.453. The van der Waals surface area contributed by atoms with E-state index in [1.165, 1.54) is 32.1 Å². The van der Waals surface area contributed by atoms with Gasteiger partial charge in [-0.3, -0.25) is 4.98 Å². The molecule has 1 saturated carbocycles. The molecule has 0 N–H and O–H groups in total. The minimum absolute atomic E-state index is 0.540. The Labute approximate surface area is 156 Å². The predicted octanol–water partition coefficient (Wildman–Crippen LogP) is 6.53. The van der Waals surface area contributed by atoms with Crippen molar-refractivity contribution in [1.82, 2.24) is 4.98 Å². The van der Waals surface area contributed by atoms with Crippen LogP contribution in [0.15, 0.2) is 54.7 Å². The van der Waals surface area contributed by atoms with Gasteiger partial charge in [-0.25, -0.2) is 0 Å². The molecule has 1 aromatic carbocycles. The fourth-order valence-corrected chi connectivity index (χ4v) is 3.44. The van der Waals surface area contributed by atoms with E-state index >= 15 is 0 Å². The van der Waals surface area contributed by atoms with Crippen LogP contribution in [0.1, 0.15) is 44.6 Å². The molecule has 1 nitrogen and oxygen atoms in total. The zero-order chi connectivity index (χ0) is 17.5. The van der Waals surface area contributed by atoms with Gasteiger partial charge in [-0.15, -0.1) is 0 Å². The molecular formula is C23H24ClN. The maximum atomic E-state index is 5.93. The van der Waals surface area contributed by atoms with Crippen LogP contribution in [0.4, 0.5) is 0 Å². The van der Waals surface area contributed by atoms with Gasteiger partial charge >= 0.3 is 0 Å². The van der Waals surface area contributed by atoms with Crippen molar-refractivity contribution in [2.24, 2.45) is 11.8 Å². The summed E-state index contributed by atoms with van der Waals surface area (Å²) in [6.07, 6.45) is 12.6. The number of nitrogens with zero attached hydrogens (tertiary/aromatic N) is 1. The van der Waals surface area contributed by atoms with E-state index in [1.54, 1.807) is 0 Å². The number of rotatable bonds is 3. The van der Waals surface area contributed by atoms with Crippen molar-refractivity contribution in [2.45, 2.75) is 39.0 Å². The Morgan fingerprint density at radius 1 is 1.08 bits per heavy atom. The van der Waals surface area contributed by atoms with Crippen molar-refractivity contribution in [3.8, 4) is 23.1 Å². The SMILES string of the molecule is C/C=C/CC1CCC(C#Cc2ccc(-c3ccc(Cl)cc3)nc2)CC1. The lowest BCUT2D eigenvalue weighted by Crippen LogP contribution is -2.12. The molecule has 0 saturated heterocycles. The Bertz CT molecular complexity index is 754. The molecule has 0 unspecified atom stereocenters. The maximum absolute atomic E-state index is 5.93. The summed E-state index contributed by atoms with van der Waals surface area (Å²) in [5.41, 5.74) is 3.02. The molecule has 0 aliphatic heterocycles.